The molecule has 0 fully saturated rings. The van der Waals surface area contributed by atoms with Crippen LogP contribution in [-0.2, 0) is 9.59 Å². The van der Waals surface area contributed by atoms with Gasteiger partial charge in [0, 0.05) is 12.2 Å². The molecule has 0 aliphatic carbocycles. The summed E-state index contributed by atoms with van der Waals surface area (Å²) in [5.74, 6) is -2.79. The monoisotopic (exact) mass is 320 g/mol. The van der Waals surface area contributed by atoms with Crippen molar-refractivity contribution < 1.29 is 23.5 Å². The van der Waals surface area contributed by atoms with Crippen molar-refractivity contribution in [2.45, 2.75) is 6.10 Å². The normalized spacial score (nSPS) is 11.6. The van der Waals surface area contributed by atoms with E-state index in [9.17, 15) is 23.5 Å². The zero-order valence-corrected chi connectivity index (χ0v) is 11.9. The number of carbonyl (C=O) groups is 2. The standard InChI is InChI=1S/C16H14F2N2O3/c17-11-3-1-10(2-4-11)14(21)9-19-15(22)16(23)20-13-7-5-12(18)6-8-13/h1-8,14,21H,9H2,(H,19,22)(H,20,23). The summed E-state index contributed by atoms with van der Waals surface area (Å²) in [5, 5.41) is 14.4. The van der Waals surface area contributed by atoms with Crippen molar-refractivity contribution in [3.8, 4) is 0 Å². The van der Waals surface area contributed by atoms with Gasteiger partial charge in [0.2, 0.25) is 0 Å². The molecule has 1 unspecified atom stereocenters. The smallest absolute Gasteiger partial charge is 0.313 e. The molecule has 0 radical (unpaired) electrons. The third kappa shape index (κ3) is 4.86. The molecule has 7 heteroatoms. The molecule has 2 amide bonds. The molecule has 0 aromatic heterocycles. The summed E-state index contributed by atoms with van der Waals surface area (Å²) in [6, 6.07) is 10.0. The second kappa shape index (κ2) is 7.46. The van der Waals surface area contributed by atoms with Crippen molar-refractivity contribution in [2.75, 3.05) is 11.9 Å². The number of halogens is 2. The Kier molecular flexibility index (Phi) is 5.37. The van der Waals surface area contributed by atoms with Gasteiger partial charge in [-0.05, 0) is 42.0 Å². The molecule has 0 spiro atoms. The van der Waals surface area contributed by atoms with E-state index in [0.717, 1.165) is 12.1 Å². The maximum atomic E-state index is 12.8. The number of anilines is 1. The first-order valence-electron chi connectivity index (χ1n) is 6.74. The predicted octanol–water partition coefficient (Wildman–Crippen LogP) is 1.75. The highest BCUT2D eigenvalue weighted by Crippen LogP contribution is 2.12. The highest BCUT2D eigenvalue weighted by molar-refractivity contribution is 6.39. The Balaban J connectivity index is 1.85. The summed E-state index contributed by atoms with van der Waals surface area (Å²) in [4.78, 5) is 23.3. The molecular weight excluding hydrogens is 306 g/mol. The zero-order valence-electron chi connectivity index (χ0n) is 11.9. The molecule has 120 valence electrons. The van der Waals surface area contributed by atoms with E-state index in [-0.39, 0.29) is 12.2 Å². The van der Waals surface area contributed by atoms with Gasteiger partial charge in [-0.1, -0.05) is 12.1 Å². The number of amides is 2. The summed E-state index contributed by atoms with van der Waals surface area (Å²) in [5.41, 5.74) is 0.677. The number of benzene rings is 2. The summed E-state index contributed by atoms with van der Waals surface area (Å²) < 4.78 is 25.5. The van der Waals surface area contributed by atoms with E-state index in [4.69, 9.17) is 0 Å². The van der Waals surface area contributed by atoms with E-state index < -0.39 is 29.6 Å². The zero-order chi connectivity index (χ0) is 16.8. The quantitative estimate of drug-likeness (QED) is 0.751. The van der Waals surface area contributed by atoms with Gasteiger partial charge in [-0.15, -0.1) is 0 Å². The third-order valence-corrected chi connectivity index (χ3v) is 3.02. The van der Waals surface area contributed by atoms with Crippen LogP contribution in [0.3, 0.4) is 0 Å². The van der Waals surface area contributed by atoms with E-state index in [0.29, 0.717) is 5.56 Å². The highest BCUT2D eigenvalue weighted by atomic mass is 19.1. The molecule has 0 bridgehead atoms. The van der Waals surface area contributed by atoms with Crippen LogP contribution in [0, 0.1) is 11.6 Å². The van der Waals surface area contributed by atoms with E-state index in [2.05, 4.69) is 10.6 Å². The topological polar surface area (TPSA) is 78.4 Å². The number of nitrogens with one attached hydrogen (secondary N) is 2. The predicted molar refractivity (Wildman–Crippen MR) is 79.4 cm³/mol. The molecule has 5 nitrogen and oxygen atoms in total. The molecule has 2 rings (SSSR count). The minimum atomic E-state index is -1.07. The van der Waals surface area contributed by atoms with Gasteiger partial charge in [-0.25, -0.2) is 8.78 Å². The Bertz CT molecular complexity index is 687. The van der Waals surface area contributed by atoms with Gasteiger partial charge in [-0.3, -0.25) is 9.59 Å². The first-order valence-corrected chi connectivity index (χ1v) is 6.74. The fraction of sp³-hybridized carbons (Fsp3) is 0.125. The van der Waals surface area contributed by atoms with Crippen molar-refractivity contribution in [2.24, 2.45) is 0 Å². The lowest BCUT2D eigenvalue weighted by atomic mass is 10.1. The van der Waals surface area contributed by atoms with Crippen molar-refractivity contribution in [3.05, 3.63) is 65.7 Å². The van der Waals surface area contributed by atoms with Gasteiger partial charge in [0.25, 0.3) is 0 Å². The molecule has 0 saturated heterocycles. The molecule has 1 atom stereocenters. The second-order valence-electron chi connectivity index (χ2n) is 4.74. The lowest BCUT2D eigenvalue weighted by Gasteiger charge is -2.12. The van der Waals surface area contributed by atoms with E-state index in [1.165, 1.54) is 36.4 Å². The third-order valence-electron chi connectivity index (χ3n) is 3.02. The molecule has 0 heterocycles. The number of aliphatic hydroxyl groups is 1. The molecule has 2 aromatic rings. The van der Waals surface area contributed by atoms with Gasteiger partial charge in [0.05, 0.1) is 6.10 Å². The van der Waals surface area contributed by atoms with Crippen LogP contribution in [0.25, 0.3) is 0 Å². The van der Waals surface area contributed by atoms with Crippen LogP contribution in [0.15, 0.2) is 48.5 Å². The Morgan fingerprint density at radius 2 is 1.43 bits per heavy atom. The van der Waals surface area contributed by atoms with Crippen LogP contribution in [0.2, 0.25) is 0 Å². The Morgan fingerprint density at radius 1 is 0.913 bits per heavy atom. The fourth-order valence-corrected chi connectivity index (χ4v) is 1.79. The second-order valence-corrected chi connectivity index (χ2v) is 4.74. The van der Waals surface area contributed by atoms with Crippen LogP contribution in [0.4, 0.5) is 14.5 Å². The molecule has 2 aromatic carbocycles. The molecule has 3 N–H and O–H groups in total. The molecule has 0 aliphatic rings. The van der Waals surface area contributed by atoms with Crippen molar-refractivity contribution >= 4 is 17.5 Å². The first-order chi connectivity index (χ1) is 11.0. The Morgan fingerprint density at radius 3 is 2.00 bits per heavy atom. The molecular formula is C16H14F2N2O3. The van der Waals surface area contributed by atoms with Gasteiger partial charge < -0.3 is 15.7 Å². The lowest BCUT2D eigenvalue weighted by molar-refractivity contribution is -0.136. The van der Waals surface area contributed by atoms with Gasteiger partial charge in [0.15, 0.2) is 0 Å². The van der Waals surface area contributed by atoms with Gasteiger partial charge in [-0.2, -0.15) is 0 Å². The van der Waals surface area contributed by atoms with E-state index in [1.807, 2.05) is 0 Å². The van der Waals surface area contributed by atoms with Crippen molar-refractivity contribution in [3.63, 3.8) is 0 Å². The minimum absolute atomic E-state index is 0.207. The maximum Gasteiger partial charge on any atom is 0.313 e. The van der Waals surface area contributed by atoms with Crippen LogP contribution in [0.1, 0.15) is 11.7 Å². The molecule has 0 saturated carbocycles. The van der Waals surface area contributed by atoms with Crippen molar-refractivity contribution in [1.82, 2.24) is 5.32 Å². The number of aliphatic hydroxyl groups excluding tert-OH is 1. The van der Waals surface area contributed by atoms with Gasteiger partial charge >= 0.3 is 11.8 Å². The van der Waals surface area contributed by atoms with Crippen molar-refractivity contribution in [1.29, 1.82) is 0 Å². The van der Waals surface area contributed by atoms with Crippen LogP contribution >= 0.6 is 0 Å². The average molecular weight is 320 g/mol. The number of hydrogen-bond donors (Lipinski definition) is 3. The van der Waals surface area contributed by atoms with Gasteiger partial charge in [0.1, 0.15) is 11.6 Å². The molecule has 23 heavy (non-hydrogen) atoms. The lowest BCUT2D eigenvalue weighted by Crippen LogP contribution is -2.37. The largest absolute Gasteiger partial charge is 0.387 e. The summed E-state index contributed by atoms with van der Waals surface area (Å²) in [7, 11) is 0. The summed E-state index contributed by atoms with van der Waals surface area (Å²) >= 11 is 0. The number of carbonyl (C=O) groups excluding carboxylic acids is 2. The van der Waals surface area contributed by atoms with Crippen LogP contribution in [0.5, 0.6) is 0 Å². The number of hydrogen-bond acceptors (Lipinski definition) is 3. The first kappa shape index (κ1) is 16.6. The summed E-state index contributed by atoms with van der Waals surface area (Å²) in [6.45, 7) is -0.207. The Labute approximate surface area is 130 Å². The molecule has 0 aliphatic heterocycles. The van der Waals surface area contributed by atoms with E-state index in [1.54, 1.807) is 0 Å². The maximum absolute atomic E-state index is 12.8. The highest BCUT2D eigenvalue weighted by Gasteiger charge is 2.16. The summed E-state index contributed by atoms with van der Waals surface area (Å²) in [6.07, 6.45) is -1.07. The average Bonchev–Trinajstić information content (AvgIpc) is 2.55. The van der Waals surface area contributed by atoms with E-state index >= 15 is 0 Å². The fourth-order valence-electron chi connectivity index (χ4n) is 1.79. The van der Waals surface area contributed by atoms with Crippen LogP contribution < -0.4 is 10.6 Å². The minimum Gasteiger partial charge on any atom is -0.387 e. The number of rotatable bonds is 4. The Hall–Kier alpha value is -2.80. The van der Waals surface area contributed by atoms with Crippen LogP contribution in [-0.4, -0.2) is 23.5 Å². The SMILES string of the molecule is O=C(NCC(O)c1ccc(F)cc1)C(=O)Nc1ccc(F)cc1.